The lowest BCUT2D eigenvalue weighted by atomic mass is 10.0. The highest BCUT2D eigenvalue weighted by Gasteiger charge is 2.42. The molecular weight excluding hydrogens is 707 g/mol. The molecule has 3 atom stereocenters. The van der Waals surface area contributed by atoms with Crippen molar-refractivity contribution in [3.05, 3.63) is 60.7 Å². The Kier molecular flexibility index (Phi) is 14.9. The van der Waals surface area contributed by atoms with Gasteiger partial charge in [0.25, 0.3) is 0 Å². The van der Waals surface area contributed by atoms with E-state index in [0.29, 0.717) is 61.7 Å². The number of unbranched alkanes of at least 4 members (excludes halogenated alkanes) is 3. The molecule has 290 valence electrons. The van der Waals surface area contributed by atoms with Gasteiger partial charge in [-0.15, -0.1) is 0 Å². The summed E-state index contributed by atoms with van der Waals surface area (Å²) in [6, 6.07) is 12.0. The van der Waals surface area contributed by atoms with Crippen molar-refractivity contribution in [1.82, 2.24) is 40.7 Å². The number of pyridine rings is 1. The van der Waals surface area contributed by atoms with Crippen molar-refractivity contribution >= 4 is 41.3 Å². The Labute approximate surface area is 322 Å². The standard InChI is InChI=1S/C39H53N9O5S/c1-27(49)46(2)20-21-47(3)34-23-40-24-36(44-34)53-31-17-14-28(15-18-31)29-13-16-30(42-22-29)25-48(4)37(51)12-6-5-9-19-41-35(50)11-8-7-10-33-38-32(26-54-33)43-39(52)45-38/h13-18,22-24,32-33,38H,5-12,19-21,25-26H2,1-4H3,(H,41,50)(H2,43,45,52). The Morgan fingerprint density at radius 3 is 2.43 bits per heavy atom. The number of ether oxygens (including phenoxy) is 1. The molecule has 0 radical (unpaired) electrons. The summed E-state index contributed by atoms with van der Waals surface area (Å²) in [5.41, 5.74) is 2.73. The first kappa shape index (κ1) is 40.3. The summed E-state index contributed by atoms with van der Waals surface area (Å²) in [6.07, 6.45) is 11.3. The number of benzene rings is 1. The molecule has 3 N–H and O–H groups in total. The molecule has 0 bridgehead atoms. The van der Waals surface area contributed by atoms with Crippen LogP contribution in [0.15, 0.2) is 55.0 Å². The monoisotopic (exact) mass is 759 g/mol. The number of amides is 5. The third-order valence-corrected chi connectivity index (χ3v) is 11.3. The molecule has 4 heterocycles. The summed E-state index contributed by atoms with van der Waals surface area (Å²) in [5, 5.41) is 9.41. The van der Waals surface area contributed by atoms with Crippen molar-refractivity contribution in [2.75, 3.05) is 51.4 Å². The van der Waals surface area contributed by atoms with Gasteiger partial charge in [0.2, 0.25) is 23.6 Å². The third kappa shape index (κ3) is 12.1. The molecule has 0 aliphatic carbocycles. The molecule has 3 aromatic rings. The molecule has 5 rings (SSSR count). The molecule has 2 aliphatic heterocycles. The zero-order chi connectivity index (χ0) is 38.5. The molecular formula is C39H53N9O5S. The Morgan fingerprint density at radius 1 is 0.889 bits per heavy atom. The van der Waals surface area contributed by atoms with Crippen LogP contribution >= 0.6 is 11.8 Å². The molecule has 2 saturated heterocycles. The summed E-state index contributed by atoms with van der Waals surface area (Å²) in [6.45, 7) is 3.77. The van der Waals surface area contributed by atoms with Gasteiger partial charge in [0.1, 0.15) is 5.75 Å². The Balaban J connectivity index is 0.939. The number of hydrogen-bond donors (Lipinski definition) is 3. The minimum Gasteiger partial charge on any atom is -0.437 e. The molecule has 2 aliphatic rings. The van der Waals surface area contributed by atoms with Gasteiger partial charge in [-0.05, 0) is 49.4 Å². The maximum Gasteiger partial charge on any atom is 0.315 e. The zero-order valence-corrected chi connectivity index (χ0v) is 32.6. The van der Waals surface area contributed by atoms with Gasteiger partial charge in [-0.3, -0.25) is 24.4 Å². The second kappa shape index (κ2) is 20.0. The molecule has 1 aromatic carbocycles. The fourth-order valence-electron chi connectivity index (χ4n) is 6.36. The number of carbonyl (C=O) groups excluding carboxylic acids is 4. The molecule has 2 aromatic heterocycles. The number of nitrogens with one attached hydrogen (secondary N) is 3. The van der Waals surface area contributed by atoms with Crippen LogP contribution in [-0.4, -0.2) is 112 Å². The largest absolute Gasteiger partial charge is 0.437 e. The van der Waals surface area contributed by atoms with E-state index in [2.05, 4.69) is 30.9 Å². The molecule has 54 heavy (non-hydrogen) atoms. The van der Waals surface area contributed by atoms with Crippen LogP contribution < -0.4 is 25.6 Å². The van der Waals surface area contributed by atoms with Gasteiger partial charge in [0.15, 0.2) is 5.82 Å². The normalized spacial score (nSPS) is 17.3. The average molecular weight is 760 g/mol. The van der Waals surface area contributed by atoms with E-state index in [-0.39, 0.29) is 35.8 Å². The van der Waals surface area contributed by atoms with Crippen LogP contribution in [0.5, 0.6) is 11.6 Å². The minimum absolute atomic E-state index is 0.0111. The first-order chi connectivity index (χ1) is 26.0. The van der Waals surface area contributed by atoms with Crippen LogP contribution in [0.25, 0.3) is 11.1 Å². The number of urea groups is 1. The second-order valence-electron chi connectivity index (χ2n) is 14.0. The number of nitrogens with zero attached hydrogens (tertiary/aromatic N) is 6. The Bertz CT molecular complexity index is 1710. The molecule has 5 amide bonds. The van der Waals surface area contributed by atoms with E-state index < -0.39 is 0 Å². The van der Waals surface area contributed by atoms with Gasteiger partial charge in [-0.25, -0.2) is 4.79 Å². The fourth-order valence-corrected chi connectivity index (χ4v) is 7.90. The molecule has 3 unspecified atom stereocenters. The van der Waals surface area contributed by atoms with Crippen LogP contribution in [0.3, 0.4) is 0 Å². The Morgan fingerprint density at radius 2 is 1.67 bits per heavy atom. The van der Waals surface area contributed by atoms with Crippen LogP contribution in [0.4, 0.5) is 10.6 Å². The van der Waals surface area contributed by atoms with Crippen molar-refractivity contribution in [3.8, 4) is 22.8 Å². The van der Waals surface area contributed by atoms with Crippen molar-refractivity contribution in [3.63, 3.8) is 0 Å². The van der Waals surface area contributed by atoms with Crippen molar-refractivity contribution < 1.29 is 23.9 Å². The lowest BCUT2D eigenvalue weighted by molar-refractivity contribution is -0.130. The van der Waals surface area contributed by atoms with Crippen molar-refractivity contribution in [1.29, 1.82) is 0 Å². The number of thioether (sulfide) groups is 1. The van der Waals surface area contributed by atoms with Crippen LogP contribution in [0, 0.1) is 0 Å². The predicted molar refractivity (Wildman–Crippen MR) is 210 cm³/mol. The molecule has 0 saturated carbocycles. The quantitative estimate of drug-likeness (QED) is 0.110. The minimum atomic E-state index is -0.0636. The van der Waals surface area contributed by atoms with Gasteiger partial charge in [-0.1, -0.05) is 31.0 Å². The Hall–Kier alpha value is -4.92. The van der Waals surface area contributed by atoms with E-state index >= 15 is 0 Å². The van der Waals surface area contributed by atoms with Gasteiger partial charge < -0.3 is 35.4 Å². The number of carbonyl (C=O) groups is 4. The highest BCUT2D eigenvalue weighted by molar-refractivity contribution is 8.00. The molecule has 14 nitrogen and oxygen atoms in total. The van der Waals surface area contributed by atoms with E-state index in [9.17, 15) is 19.2 Å². The lowest BCUT2D eigenvalue weighted by Gasteiger charge is -2.22. The summed E-state index contributed by atoms with van der Waals surface area (Å²) in [4.78, 5) is 66.7. The number of aromatic nitrogens is 3. The van der Waals surface area contributed by atoms with E-state index in [1.165, 1.54) is 0 Å². The van der Waals surface area contributed by atoms with E-state index in [0.717, 1.165) is 61.1 Å². The summed E-state index contributed by atoms with van der Waals surface area (Å²) in [7, 11) is 5.46. The molecule has 0 spiro atoms. The third-order valence-electron chi connectivity index (χ3n) is 9.83. The van der Waals surface area contributed by atoms with Crippen LogP contribution in [0.1, 0.15) is 64.0 Å². The summed E-state index contributed by atoms with van der Waals surface area (Å²) < 4.78 is 5.96. The van der Waals surface area contributed by atoms with E-state index in [4.69, 9.17) is 4.74 Å². The number of fused-ring (bicyclic) bond motifs is 1. The maximum absolute atomic E-state index is 12.8. The number of rotatable bonds is 20. The van der Waals surface area contributed by atoms with Gasteiger partial charge in [0.05, 0.1) is 36.7 Å². The van der Waals surface area contributed by atoms with Gasteiger partial charge in [0, 0.05) is 83.3 Å². The smallest absolute Gasteiger partial charge is 0.315 e. The van der Waals surface area contributed by atoms with Crippen LogP contribution in [0.2, 0.25) is 0 Å². The van der Waals surface area contributed by atoms with Gasteiger partial charge in [-0.2, -0.15) is 16.7 Å². The second-order valence-corrected chi connectivity index (χ2v) is 15.3. The van der Waals surface area contributed by atoms with E-state index in [1.807, 2.05) is 66.3 Å². The summed E-state index contributed by atoms with van der Waals surface area (Å²) >= 11 is 1.90. The first-order valence-corrected chi connectivity index (χ1v) is 19.8. The number of likely N-dealkylation sites (N-methyl/N-ethyl adjacent to an activating group) is 2. The highest BCUT2D eigenvalue weighted by Crippen LogP contribution is 2.33. The predicted octanol–water partition coefficient (Wildman–Crippen LogP) is 4.61. The molecule has 15 heteroatoms. The number of anilines is 1. The molecule has 2 fully saturated rings. The summed E-state index contributed by atoms with van der Waals surface area (Å²) in [5.74, 6) is 2.76. The van der Waals surface area contributed by atoms with Crippen molar-refractivity contribution in [2.24, 2.45) is 0 Å². The fraction of sp³-hybridized carbons (Fsp3) is 0.513. The van der Waals surface area contributed by atoms with Crippen LogP contribution in [-0.2, 0) is 20.9 Å². The van der Waals surface area contributed by atoms with Gasteiger partial charge >= 0.3 is 6.03 Å². The average Bonchev–Trinajstić information content (AvgIpc) is 3.73. The SMILES string of the molecule is CC(=O)N(C)CCN(C)c1cncc(Oc2ccc(-c3ccc(CN(C)C(=O)CCCCCNC(=O)CCCCC4SCC5NC(=O)NC54)nc3)cc2)n1. The lowest BCUT2D eigenvalue weighted by Crippen LogP contribution is -2.36. The van der Waals surface area contributed by atoms with E-state index in [1.54, 1.807) is 43.2 Å². The topological polar surface area (TPSA) is 162 Å². The number of hydrogen-bond acceptors (Lipinski definition) is 10. The highest BCUT2D eigenvalue weighted by atomic mass is 32.2. The maximum atomic E-state index is 12.8. The van der Waals surface area contributed by atoms with Crippen molar-refractivity contribution in [2.45, 2.75) is 82.2 Å². The first-order valence-electron chi connectivity index (χ1n) is 18.7. The zero-order valence-electron chi connectivity index (χ0n) is 31.8.